The normalized spacial score (nSPS) is 11.0. The van der Waals surface area contributed by atoms with Gasteiger partial charge in [-0.1, -0.05) is 36.4 Å². The first-order chi connectivity index (χ1) is 13.1. The second-order valence-corrected chi connectivity index (χ2v) is 7.72. The zero-order valence-electron chi connectivity index (χ0n) is 15.3. The Bertz CT molecular complexity index is 1090. The fraction of sp³-hybridized carbons (Fsp3) is 0.182. The highest BCUT2D eigenvalue weighted by Crippen LogP contribution is 2.23. The lowest BCUT2D eigenvalue weighted by molar-refractivity contribution is -0.120. The molecular weight excluding hydrogens is 356 g/mol. The quantitative estimate of drug-likeness (QED) is 0.531. The highest BCUT2D eigenvalue weighted by atomic mass is 32.1. The predicted molar refractivity (Wildman–Crippen MR) is 109 cm³/mol. The smallest absolute Gasteiger partial charge is 0.224 e. The molecule has 4 nitrogen and oxygen atoms in total. The number of amides is 1. The lowest BCUT2D eigenvalue weighted by Gasteiger charge is -2.06. The molecule has 5 heteroatoms. The zero-order chi connectivity index (χ0) is 18.8. The molecule has 2 aromatic heterocycles. The number of carbonyl (C=O) groups is 1. The summed E-state index contributed by atoms with van der Waals surface area (Å²) >= 11 is 1.64. The number of nitrogens with one attached hydrogen (secondary N) is 1. The predicted octanol–water partition coefficient (Wildman–Crippen LogP) is 5.03. The summed E-state index contributed by atoms with van der Waals surface area (Å²) in [6, 6.07) is 14.2. The van der Waals surface area contributed by atoms with Gasteiger partial charge < -0.3 is 9.73 Å². The van der Waals surface area contributed by atoms with Crippen LogP contribution in [0.1, 0.15) is 21.7 Å². The van der Waals surface area contributed by atoms with Gasteiger partial charge in [-0.05, 0) is 31.0 Å². The van der Waals surface area contributed by atoms with Gasteiger partial charge in [-0.15, -0.1) is 11.3 Å². The van der Waals surface area contributed by atoms with E-state index in [1.54, 1.807) is 17.6 Å². The molecule has 2 aromatic carbocycles. The molecule has 0 radical (unpaired) electrons. The maximum atomic E-state index is 12.3. The molecule has 0 unspecified atom stereocenters. The van der Waals surface area contributed by atoms with Gasteiger partial charge in [-0.2, -0.15) is 0 Å². The van der Waals surface area contributed by atoms with Gasteiger partial charge >= 0.3 is 0 Å². The van der Waals surface area contributed by atoms with Crippen LogP contribution in [0, 0.1) is 13.8 Å². The number of benzene rings is 2. The van der Waals surface area contributed by atoms with Crippen molar-refractivity contribution in [3.63, 3.8) is 0 Å². The first-order valence-corrected chi connectivity index (χ1v) is 9.71. The number of aromatic nitrogens is 1. The Morgan fingerprint density at radius 3 is 2.70 bits per heavy atom. The highest BCUT2D eigenvalue weighted by molar-refractivity contribution is 7.09. The highest BCUT2D eigenvalue weighted by Gasteiger charge is 2.10. The molecule has 0 aliphatic carbocycles. The molecule has 2 heterocycles. The Balaban J connectivity index is 1.37. The SMILES string of the molecule is Cc1ccc2c(CC(=O)NCc3ccc(-c4csc(C)n4)cc3)coc2c1. The minimum atomic E-state index is -0.0162. The average molecular weight is 376 g/mol. The number of hydrogen-bond acceptors (Lipinski definition) is 4. The van der Waals surface area contributed by atoms with E-state index in [-0.39, 0.29) is 5.91 Å². The van der Waals surface area contributed by atoms with Gasteiger partial charge in [0.1, 0.15) is 5.58 Å². The van der Waals surface area contributed by atoms with E-state index >= 15 is 0 Å². The summed E-state index contributed by atoms with van der Waals surface area (Å²) in [5.74, 6) is -0.0162. The summed E-state index contributed by atoms with van der Waals surface area (Å²) in [7, 11) is 0. The Morgan fingerprint density at radius 1 is 1.15 bits per heavy atom. The van der Waals surface area contributed by atoms with E-state index in [9.17, 15) is 4.79 Å². The number of aryl methyl sites for hydroxylation is 2. The number of fused-ring (bicyclic) bond motifs is 1. The molecule has 4 rings (SSSR count). The lowest BCUT2D eigenvalue weighted by atomic mass is 10.1. The molecule has 136 valence electrons. The van der Waals surface area contributed by atoms with Gasteiger partial charge in [-0.3, -0.25) is 4.79 Å². The van der Waals surface area contributed by atoms with Crippen LogP contribution in [0.15, 0.2) is 58.5 Å². The third-order valence-corrected chi connectivity index (χ3v) is 5.29. The lowest BCUT2D eigenvalue weighted by Crippen LogP contribution is -2.24. The van der Waals surface area contributed by atoms with E-state index < -0.39 is 0 Å². The summed E-state index contributed by atoms with van der Waals surface area (Å²) in [5.41, 5.74) is 6.03. The van der Waals surface area contributed by atoms with Gasteiger partial charge in [0, 0.05) is 28.4 Å². The summed E-state index contributed by atoms with van der Waals surface area (Å²) in [5, 5.41) is 7.10. The van der Waals surface area contributed by atoms with Gasteiger partial charge in [0.15, 0.2) is 0 Å². The molecule has 0 atom stereocenters. The van der Waals surface area contributed by atoms with E-state index in [0.29, 0.717) is 13.0 Å². The Morgan fingerprint density at radius 2 is 1.96 bits per heavy atom. The summed E-state index contributed by atoms with van der Waals surface area (Å²) < 4.78 is 5.57. The van der Waals surface area contributed by atoms with Crippen LogP contribution in [0.25, 0.3) is 22.2 Å². The van der Waals surface area contributed by atoms with Crippen molar-refractivity contribution in [2.75, 3.05) is 0 Å². The van der Waals surface area contributed by atoms with Gasteiger partial charge in [0.05, 0.1) is 23.4 Å². The molecule has 0 aliphatic rings. The van der Waals surface area contributed by atoms with Crippen molar-refractivity contribution < 1.29 is 9.21 Å². The molecule has 1 amide bonds. The van der Waals surface area contributed by atoms with Crippen LogP contribution in [-0.4, -0.2) is 10.9 Å². The molecule has 0 bridgehead atoms. The molecule has 0 spiro atoms. The second kappa shape index (κ2) is 7.37. The van der Waals surface area contributed by atoms with Gasteiger partial charge in [-0.25, -0.2) is 4.98 Å². The number of rotatable bonds is 5. The maximum Gasteiger partial charge on any atom is 0.224 e. The first-order valence-electron chi connectivity index (χ1n) is 8.83. The van der Waals surface area contributed by atoms with E-state index in [0.717, 1.165) is 43.9 Å². The topological polar surface area (TPSA) is 55.1 Å². The number of thiazole rings is 1. The molecule has 0 saturated heterocycles. The van der Waals surface area contributed by atoms with Crippen molar-refractivity contribution in [1.82, 2.24) is 10.3 Å². The van der Waals surface area contributed by atoms with Gasteiger partial charge in [0.25, 0.3) is 0 Å². The van der Waals surface area contributed by atoms with Crippen molar-refractivity contribution in [3.05, 3.63) is 75.8 Å². The molecule has 0 saturated carbocycles. The zero-order valence-corrected chi connectivity index (χ0v) is 16.1. The minimum absolute atomic E-state index is 0.0162. The fourth-order valence-corrected chi connectivity index (χ4v) is 3.67. The first kappa shape index (κ1) is 17.5. The van der Waals surface area contributed by atoms with Crippen LogP contribution in [0.5, 0.6) is 0 Å². The Labute approximate surface area is 161 Å². The van der Waals surface area contributed by atoms with Crippen molar-refractivity contribution in [2.24, 2.45) is 0 Å². The number of nitrogens with zero attached hydrogens (tertiary/aromatic N) is 1. The second-order valence-electron chi connectivity index (χ2n) is 6.66. The van der Waals surface area contributed by atoms with Crippen LogP contribution >= 0.6 is 11.3 Å². The molecular formula is C22H20N2O2S. The van der Waals surface area contributed by atoms with Crippen LogP contribution in [-0.2, 0) is 17.8 Å². The summed E-state index contributed by atoms with van der Waals surface area (Å²) in [4.78, 5) is 16.8. The van der Waals surface area contributed by atoms with Crippen molar-refractivity contribution in [2.45, 2.75) is 26.8 Å². The minimum Gasteiger partial charge on any atom is -0.464 e. The van der Waals surface area contributed by atoms with E-state index in [2.05, 4.69) is 15.7 Å². The van der Waals surface area contributed by atoms with E-state index in [4.69, 9.17) is 4.42 Å². The third kappa shape index (κ3) is 3.93. The van der Waals surface area contributed by atoms with Crippen LogP contribution in [0.4, 0.5) is 0 Å². The van der Waals surface area contributed by atoms with Crippen molar-refractivity contribution >= 4 is 28.2 Å². The van der Waals surface area contributed by atoms with Crippen molar-refractivity contribution in [3.8, 4) is 11.3 Å². The molecule has 27 heavy (non-hydrogen) atoms. The molecule has 1 N–H and O–H groups in total. The van der Waals surface area contributed by atoms with E-state index in [1.807, 2.05) is 56.3 Å². The number of furan rings is 1. The van der Waals surface area contributed by atoms with E-state index in [1.165, 1.54) is 0 Å². The Hall–Kier alpha value is -2.92. The molecule has 4 aromatic rings. The number of carbonyl (C=O) groups excluding carboxylic acids is 1. The van der Waals surface area contributed by atoms with Crippen LogP contribution in [0.2, 0.25) is 0 Å². The van der Waals surface area contributed by atoms with Crippen LogP contribution in [0.3, 0.4) is 0 Å². The molecule has 0 fully saturated rings. The fourth-order valence-electron chi connectivity index (χ4n) is 3.05. The summed E-state index contributed by atoms with van der Waals surface area (Å²) in [6.45, 7) is 4.53. The monoisotopic (exact) mass is 376 g/mol. The van der Waals surface area contributed by atoms with Crippen molar-refractivity contribution in [1.29, 1.82) is 0 Å². The summed E-state index contributed by atoms with van der Waals surface area (Å²) in [6.07, 6.45) is 1.99. The maximum absolute atomic E-state index is 12.3. The molecule has 0 aliphatic heterocycles. The largest absolute Gasteiger partial charge is 0.464 e. The van der Waals surface area contributed by atoms with Gasteiger partial charge in [0.2, 0.25) is 5.91 Å². The third-order valence-electron chi connectivity index (χ3n) is 4.52. The van der Waals surface area contributed by atoms with Crippen LogP contribution < -0.4 is 5.32 Å². The Kier molecular flexibility index (Phi) is 4.77. The average Bonchev–Trinajstić information content (AvgIpc) is 3.27. The number of hydrogen-bond donors (Lipinski definition) is 1. The standard InChI is InChI=1S/C22H20N2O2S/c1-14-3-8-19-18(12-26-21(19)9-14)10-22(25)23-11-16-4-6-17(7-5-16)20-13-27-15(2)24-20/h3-9,12-13H,10-11H2,1-2H3,(H,23,25).